The lowest BCUT2D eigenvalue weighted by Gasteiger charge is -2.24. The summed E-state index contributed by atoms with van der Waals surface area (Å²) in [5.41, 5.74) is 0.176. The lowest BCUT2D eigenvalue weighted by atomic mass is 9.89. The first-order valence-electron chi connectivity index (χ1n) is 6.73. The summed E-state index contributed by atoms with van der Waals surface area (Å²) in [5, 5.41) is 14.4. The predicted octanol–water partition coefficient (Wildman–Crippen LogP) is 2.07. The zero-order valence-corrected chi connectivity index (χ0v) is 12.5. The third-order valence-electron chi connectivity index (χ3n) is 3.70. The first-order chi connectivity index (χ1) is 8.97. The van der Waals surface area contributed by atoms with Gasteiger partial charge >= 0.3 is 12.0 Å². The Morgan fingerprint density at radius 2 is 2.00 bits per heavy atom. The number of thioether (sulfide) groups is 1. The molecule has 1 aliphatic rings. The van der Waals surface area contributed by atoms with E-state index in [-0.39, 0.29) is 11.4 Å². The molecule has 1 atom stereocenters. The molecule has 0 aliphatic heterocycles. The summed E-state index contributed by atoms with van der Waals surface area (Å²) in [6, 6.07) is -1.18. The summed E-state index contributed by atoms with van der Waals surface area (Å²) < 4.78 is 0. The fourth-order valence-corrected chi connectivity index (χ4v) is 2.87. The van der Waals surface area contributed by atoms with Crippen LogP contribution in [0.1, 0.15) is 39.0 Å². The second-order valence-electron chi connectivity index (χ2n) is 5.52. The Bertz CT molecular complexity index is 317. The quantitative estimate of drug-likeness (QED) is 0.670. The van der Waals surface area contributed by atoms with Crippen molar-refractivity contribution in [3.05, 3.63) is 0 Å². The van der Waals surface area contributed by atoms with E-state index in [1.54, 1.807) is 11.8 Å². The fourth-order valence-electron chi connectivity index (χ4n) is 2.40. The Labute approximate surface area is 118 Å². The van der Waals surface area contributed by atoms with Crippen LogP contribution in [0, 0.1) is 5.41 Å². The molecule has 0 heterocycles. The average Bonchev–Trinajstić information content (AvgIpc) is 2.79. The molecule has 19 heavy (non-hydrogen) atoms. The number of urea groups is 1. The Hall–Kier alpha value is -0.910. The lowest BCUT2D eigenvalue weighted by molar-refractivity contribution is -0.139. The number of carbonyl (C=O) groups is 2. The van der Waals surface area contributed by atoms with E-state index in [0.29, 0.717) is 13.0 Å². The van der Waals surface area contributed by atoms with Crippen molar-refractivity contribution in [1.29, 1.82) is 0 Å². The summed E-state index contributed by atoms with van der Waals surface area (Å²) >= 11 is 1.57. The normalized spacial score (nSPS) is 18.8. The molecule has 1 aliphatic carbocycles. The van der Waals surface area contributed by atoms with Crippen molar-refractivity contribution >= 4 is 23.8 Å². The second-order valence-corrected chi connectivity index (χ2v) is 6.50. The van der Waals surface area contributed by atoms with E-state index < -0.39 is 12.0 Å². The molecule has 0 spiro atoms. The smallest absolute Gasteiger partial charge is 0.326 e. The molecule has 0 aromatic rings. The van der Waals surface area contributed by atoms with Crippen molar-refractivity contribution in [3.63, 3.8) is 0 Å². The minimum atomic E-state index is -0.976. The lowest BCUT2D eigenvalue weighted by Crippen LogP contribution is -2.48. The van der Waals surface area contributed by atoms with Crippen LogP contribution >= 0.6 is 11.8 Å². The van der Waals surface area contributed by atoms with Gasteiger partial charge in [0.25, 0.3) is 0 Å². The maximum Gasteiger partial charge on any atom is 0.326 e. The Morgan fingerprint density at radius 1 is 1.37 bits per heavy atom. The first-order valence-corrected chi connectivity index (χ1v) is 8.12. The zero-order valence-electron chi connectivity index (χ0n) is 11.7. The number of amides is 2. The molecule has 0 unspecified atom stereocenters. The monoisotopic (exact) mass is 288 g/mol. The highest BCUT2D eigenvalue weighted by atomic mass is 32.2. The van der Waals surface area contributed by atoms with E-state index in [9.17, 15) is 9.59 Å². The molecule has 1 rings (SSSR count). The number of rotatable bonds is 7. The summed E-state index contributed by atoms with van der Waals surface area (Å²) in [6.45, 7) is 2.79. The molecule has 5 nitrogen and oxygen atoms in total. The molecule has 0 aromatic carbocycles. The van der Waals surface area contributed by atoms with Gasteiger partial charge in [0.2, 0.25) is 0 Å². The van der Waals surface area contributed by atoms with Gasteiger partial charge in [-0.05, 0) is 36.7 Å². The van der Waals surface area contributed by atoms with Crippen LogP contribution in [-0.4, -0.2) is 41.7 Å². The number of nitrogens with one attached hydrogen (secondary N) is 2. The van der Waals surface area contributed by atoms with Crippen LogP contribution in [0.25, 0.3) is 0 Å². The molecule has 1 saturated carbocycles. The van der Waals surface area contributed by atoms with Gasteiger partial charge in [-0.1, -0.05) is 19.8 Å². The number of carbonyl (C=O) groups excluding carboxylic acids is 1. The van der Waals surface area contributed by atoms with E-state index in [4.69, 9.17) is 5.11 Å². The number of aliphatic carboxylic acids is 1. The van der Waals surface area contributed by atoms with Crippen LogP contribution in [0.15, 0.2) is 0 Å². The highest BCUT2D eigenvalue weighted by Gasteiger charge is 2.29. The number of carboxylic acid groups (broad SMARTS) is 1. The summed E-state index contributed by atoms with van der Waals surface area (Å²) in [6.07, 6.45) is 7.04. The second kappa shape index (κ2) is 7.62. The molecule has 0 saturated heterocycles. The van der Waals surface area contributed by atoms with Gasteiger partial charge in [-0.3, -0.25) is 0 Å². The van der Waals surface area contributed by atoms with Crippen LogP contribution in [0.2, 0.25) is 0 Å². The van der Waals surface area contributed by atoms with Gasteiger partial charge in [0.15, 0.2) is 0 Å². The maximum atomic E-state index is 11.7. The third-order valence-corrected chi connectivity index (χ3v) is 4.34. The number of hydrogen-bond donors (Lipinski definition) is 3. The van der Waals surface area contributed by atoms with Gasteiger partial charge in [-0.25, -0.2) is 9.59 Å². The number of hydrogen-bond acceptors (Lipinski definition) is 3. The van der Waals surface area contributed by atoms with E-state index in [2.05, 4.69) is 17.6 Å². The molecule has 0 bridgehead atoms. The molecular formula is C13H24N2O3S. The third kappa shape index (κ3) is 5.72. The molecule has 3 N–H and O–H groups in total. The topological polar surface area (TPSA) is 78.4 Å². The van der Waals surface area contributed by atoms with E-state index >= 15 is 0 Å². The van der Waals surface area contributed by atoms with Crippen LogP contribution in [-0.2, 0) is 4.79 Å². The molecule has 2 amide bonds. The van der Waals surface area contributed by atoms with Crippen molar-refractivity contribution in [1.82, 2.24) is 10.6 Å². The summed E-state index contributed by atoms with van der Waals surface area (Å²) in [5.74, 6) is -0.258. The Morgan fingerprint density at radius 3 is 2.53 bits per heavy atom. The van der Waals surface area contributed by atoms with Crippen LogP contribution in [0.4, 0.5) is 4.79 Å². The van der Waals surface area contributed by atoms with Crippen molar-refractivity contribution in [2.45, 2.75) is 45.1 Å². The van der Waals surface area contributed by atoms with Crippen molar-refractivity contribution in [2.75, 3.05) is 18.6 Å². The largest absolute Gasteiger partial charge is 0.480 e. The van der Waals surface area contributed by atoms with E-state index in [1.807, 2.05) is 6.26 Å². The summed E-state index contributed by atoms with van der Waals surface area (Å²) in [4.78, 5) is 22.7. The van der Waals surface area contributed by atoms with Crippen LogP contribution in [0.3, 0.4) is 0 Å². The standard InChI is InChI=1S/C13H24N2O3S/c1-13(6-3-4-7-13)9-14-12(18)15-10(11(16)17)5-8-19-2/h10H,3-9H2,1-2H3,(H,16,17)(H2,14,15,18)/t10-/m1/s1. The van der Waals surface area contributed by atoms with Gasteiger partial charge in [-0.2, -0.15) is 11.8 Å². The molecule has 0 aromatic heterocycles. The number of carboxylic acids is 1. The minimum absolute atomic E-state index is 0.176. The zero-order chi connectivity index (χ0) is 14.3. The van der Waals surface area contributed by atoms with Crippen molar-refractivity contribution < 1.29 is 14.7 Å². The SMILES string of the molecule is CSCC[C@@H](NC(=O)NCC1(C)CCCC1)C(=O)O. The van der Waals surface area contributed by atoms with Gasteiger partial charge in [0.1, 0.15) is 6.04 Å². The molecule has 0 radical (unpaired) electrons. The van der Waals surface area contributed by atoms with Gasteiger partial charge in [-0.15, -0.1) is 0 Å². The van der Waals surface area contributed by atoms with Gasteiger partial charge in [0, 0.05) is 6.54 Å². The Kier molecular flexibility index (Phi) is 6.48. The highest BCUT2D eigenvalue weighted by Crippen LogP contribution is 2.36. The van der Waals surface area contributed by atoms with Crippen molar-refractivity contribution in [3.8, 4) is 0 Å². The average molecular weight is 288 g/mol. The molecule has 110 valence electrons. The van der Waals surface area contributed by atoms with E-state index in [0.717, 1.165) is 18.6 Å². The van der Waals surface area contributed by atoms with Gasteiger partial charge in [0.05, 0.1) is 0 Å². The van der Waals surface area contributed by atoms with Crippen molar-refractivity contribution in [2.24, 2.45) is 5.41 Å². The van der Waals surface area contributed by atoms with Crippen LogP contribution < -0.4 is 10.6 Å². The van der Waals surface area contributed by atoms with Crippen LogP contribution in [0.5, 0.6) is 0 Å². The van der Waals surface area contributed by atoms with Gasteiger partial charge < -0.3 is 15.7 Å². The minimum Gasteiger partial charge on any atom is -0.480 e. The van der Waals surface area contributed by atoms with E-state index in [1.165, 1.54) is 12.8 Å². The maximum absolute atomic E-state index is 11.7. The first kappa shape index (κ1) is 16.1. The molecule has 6 heteroatoms. The molecular weight excluding hydrogens is 264 g/mol. The molecule has 1 fully saturated rings. The predicted molar refractivity (Wildman–Crippen MR) is 77.5 cm³/mol. The fraction of sp³-hybridized carbons (Fsp3) is 0.846. The summed E-state index contributed by atoms with van der Waals surface area (Å²) in [7, 11) is 0. The Balaban J connectivity index is 2.33. The highest BCUT2D eigenvalue weighted by molar-refractivity contribution is 7.98.